The molecule has 1 fully saturated rings. The molecule has 1 heterocycles. The Bertz CT molecular complexity index is 2030. The van der Waals surface area contributed by atoms with E-state index in [0.29, 0.717) is 32.5 Å². The van der Waals surface area contributed by atoms with Gasteiger partial charge in [-0.05, 0) is 31.2 Å². The van der Waals surface area contributed by atoms with Crippen LogP contribution < -0.4 is 30.3 Å². The lowest BCUT2D eigenvalue weighted by molar-refractivity contribution is -0.152. The van der Waals surface area contributed by atoms with Crippen molar-refractivity contribution in [3.05, 3.63) is 48.9 Å². The summed E-state index contributed by atoms with van der Waals surface area (Å²) >= 11 is 0. The lowest BCUT2D eigenvalue weighted by Gasteiger charge is -2.45. The quantitative estimate of drug-likeness (QED) is 0.283. The third-order valence-corrected chi connectivity index (χ3v) is 9.18. The normalized spacial score (nSPS) is 26.3. The van der Waals surface area contributed by atoms with Gasteiger partial charge < -0.3 is 33.9 Å². The number of ketones is 1. The lowest BCUT2D eigenvalue weighted by atomic mass is 9.60. The molecule has 4 aromatic carbocycles. The summed E-state index contributed by atoms with van der Waals surface area (Å²) in [6.07, 6.45) is -1.45. The van der Waals surface area contributed by atoms with E-state index in [1.165, 1.54) is 47.5 Å². The topological polar surface area (TPSA) is 138 Å². The Morgan fingerprint density at radius 2 is 1.50 bits per heavy atom. The molecule has 10 heteroatoms. The number of Topliss-reactive ketones (excluding diaryl/α,β-unsaturated/α-hetero) is 1. The van der Waals surface area contributed by atoms with Crippen molar-refractivity contribution in [2.24, 2.45) is 0 Å². The van der Waals surface area contributed by atoms with E-state index in [1.807, 2.05) is 6.92 Å². The number of carbonyl (C=O) groups excluding carboxylic acids is 1. The molecule has 0 unspecified atom stereocenters. The van der Waals surface area contributed by atoms with Crippen molar-refractivity contribution in [3.63, 3.8) is 0 Å². The second-order valence-electron chi connectivity index (χ2n) is 10.8. The predicted octanol–water partition coefficient (Wildman–Crippen LogP) is 2.29. The van der Waals surface area contributed by atoms with E-state index in [9.17, 15) is 24.6 Å². The largest absolute Gasteiger partial charge is 0.509 e. The highest BCUT2D eigenvalue weighted by Crippen LogP contribution is 2.71. The Morgan fingerprint density at radius 3 is 2.08 bits per heavy atom. The number of benzene rings is 4. The third-order valence-electron chi connectivity index (χ3n) is 9.18. The zero-order valence-corrected chi connectivity index (χ0v) is 22.7. The van der Waals surface area contributed by atoms with Crippen LogP contribution >= 0.6 is 0 Å². The van der Waals surface area contributed by atoms with Crippen LogP contribution in [0.25, 0.3) is 38.1 Å². The molecular formula is C30H26O10. The molecule has 1 aliphatic heterocycles. The summed E-state index contributed by atoms with van der Waals surface area (Å²) in [5.74, 6) is -0.937. The fraction of sp³-hybridized carbons (Fsp3) is 0.367. The number of aromatic hydroxyl groups is 1. The molecule has 206 valence electrons. The number of aliphatic hydroxyl groups is 1. The van der Waals surface area contributed by atoms with Gasteiger partial charge in [-0.3, -0.25) is 14.4 Å². The number of ether oxygens (including phenoxy) is 5. The molecular weight excluding hydrogens is 520 g/mol. The van der Waals surface area contributed by atoms with Crippen molar-refractivity contribution in [1.82, 2.24) is 0 Å². The maximum Gasteiger partial charge on any atom is 0.194 e. The standard InChI is InChI=1S/C30H26O10/c1-10-9-29-23-21-17(26(35)28(29)39-6)13(33)8-15(37-4)19(21)18-14(36-3)7-12(32)16-20(18)22(23)24(27(38-5)25(16)34)30(29,40-10)11(2)31/h7-8,10,28,34-35H,9H2,1-6H3/t10-,28+,29+,30-/m0/s1. The number of methoxy groups -OCH3 is 4. The van der Waals surface area contributed by atoms with Gasteiger partial charge in [0.1, 0.15) is 23.4 Å². The first kappa shape index (κ1) is 24.9. The average Bonchev–Trinajstić information content (AvgIpc) is 3.35. The minimum Gasteiger partial charge on any atom is -0.509 e. The van der Waals surface area contributed by atoms with Gasteiger partial charge in [0, 0.05) is 46.4 Å². The highest BCUT2D eigenvalue weighted by molar-refractivity contribution is 6.31. The van der Waals surface area contributed by atoms with Crippen molar-refractivity contribution in [2.75, 3.05) is 28.4 Å². The van der Waals surface area contributed by atoms with Gasteiger partial charge in [0.05, 0.1) is 43.5 Å². The number of aliphatic hydroxyl groups excluding tert-OH is 1. The van der Waals surface area contributed by atoms with Crippen LogP contribution in [-0.4, -0.2) is 56.6 Å². The van der Waals surface area contributed by atoms with Crippen molar-refractivity contribution in [1.29, 1.82) is 0 Å². The molecule has 1 saturated heterocycles. The van der Waals surface area contributed by atoms with E-state index in [2.05, 4.69) is 0 Å². The van der Waals surface area contributed by atoms with Crippen molar-refractivity contribution < 1.29 is 38.7 Å². The summed E-state index contributed by atoms with van der Waals surface area (Å²) in [7, 11) is 5.55. The minimum absolute atomic E-state index is 0.00669. The molecule has 7 rings (SSSR count). The molecule has 4 atom stereocenters. The third kappa shape index (κ3) is 2.27. The Labute approximate surface area is 226 Å². The van der Waals surface area contributed by atoms with Crippen molar-refractivity contribution >= 4 is 43.9 Å². The predicted molar refractivity (Wildman–Crippen MR) is 145 cm³/mol. The minimum atomic E-state index is -1.79. The number of phenols is 1. The van der Waals surface area contributed by atoms with Gasteiger partial charge in [0.2, 0.25) is 0 Å². The maximum atomic E-state index is 14.0. The molecule has 0 radical (unpaired) electrons. The first-order valence-electron chi connectivity index (χ1n) is 12.8. The summed E-state index contributed by atoms with van der Waals surface area (Å²) in [5, 5.41) is 25.3. The number of hydrogen-bond donors (Lipinski definition) is 2. The number of phenolic OH excluding ortho intramolecular Hbond substituents is 1. The van der Waals surface area contributed by atoms with Gasteiger partial charge in [-0.2, -0.15) is 0 Å². The fourth-order valence-electron chi connectivity index (χ4n) is 8.18. The Kier molecular flexibility index (Phi) is 4.68. The highest BCUT2D eigenvalue weighted by atomic mass is 16.5. The van der Waals surface area contributed by atoms with Gasteiger partial charge in [-0.25, -0.2) is 0 Å². The summed E-state index contributed by atoms with van der Waals surface area (Å²) in [5.41, 5.74) is -3.46. The van der Waals surface area contributed by atoms with E-state index in [0.717, 1.165) is 0 Å². The maximum absolute atomic E-state index is 14.0. The summed E-state index contributed by atoms with van der Waals surface area (Å²) in [6.45, 7) is 3.19. The smallest absolute Gasteiger partial charge is 0.194 e. The number of fused-ring (bicyclic) bond motifs is 2. The molecule has 3 aliphatic rings. The SMILES string of the molecule is COc1c2c3c4c5c(c(=O)cc(OC)c5c5c(OC)cc(=O)c(c1O)c35)=C(O)[C@@H](OC)[C@@]41C[C@H](C)O[C@@]21C(C)=O. The van der Waals surface area contributed by atoms with E-state index in [4.69, 9.17) is 23.7 Å². The van der Waals surface area contributed by atoms with E-state index >= 15 is 0 Å². The van der Waals surface area contributed by atoms with Gasteiger partial charge in [-0.1, -0.05) is 0 Å². The van der Waals surface area contributed by atoms with Gasteiger partial charge in [0.15, 0.2) is 33.7 Å². The number of carbonyl (C=O) groups is 1. The zero-order chi connectivity index (χ0) is 28.6. The Hall–Kier alpha value is -4.15. The van der Waals surface area contributed by atoms with Crippen LogP contribution in [-0.2, 0) is 25.3 Å². The second kappa shape index (κ2) is 7.52. The van der Waals surface area contributed by atoms with Crippen LogP contribution in [0, 0.1) is 0 Å². The summed E-state index contributed by atoms with van der Waals surface area (Å²) < 4.78 is 29.6. The van der Waals surface area contributed by atoms with Crippen LogP contribution in [0.4, 0.5) is 0 Å². The van der Waals surface area contributed by atoms with Crippen LogP contribution in [0.3, 0.4) is 0 Å². The molecule has 4 aromatic rings. The molecule has 0 aromatic heterocycles. The molecule has 10 nitrogen and oxygen atoms in total. The first-order valence-corrected chi connectivity index (χ1v) is 12.8. The van der Waals surface area contributed by atoms with Crippen molar-refractivity contribution in [2.45, 2.75) is 43.5 Å². The van der Waals surface area contributed by atoms with Crippen molar-refractivity contribution in [3.8, 4) is 23.0 Å². The lowest BCUT2D eigenvalue weighted by Crippen LogP contribution is -2.58. The molecule has 0 saturated carbocycles. The van der Waals surface area contributed by atoms with Crippen LogP contribution in [0.5, 0.6) is 23.0 Å². The molecule has 40 heavy (non-hydrogen) atoms. The zero-order valence-electron chi connectivity index (χ0n) is 22.7. The van der Waals surface area contributed by atoms with Crippen LogP contribution in [0.2, 0.25) is 0 Å². The van der Waals surface area contributed by atoms with Crippen LogP contribution in [0.1, 0.15) is 31.4 Å². The molecule has 0 bridgehead atoms. The number of rotatable bonds is 5. The van der Waals surface area contributed by atoms with Gasteiger partial charge in [-0.15, -0.1) is 0 Å². The van der Waals surface area contributed by atoms with Gasteiger partial charge >= 0.3 is 0 Å². The Balaban J connectivity index is 2.00. The molecule has 2 aliphatic carbocycles. The monoisotopic (exact) mass is 546 g/mol. The van der Waals surface area contributed by atoms with E-state index in [1.54, 1.807) is 0 Å². The number of hydrogen-bond acceptors (Lipinski definition) is 10. The van der Waals surface area contributed by atoms with E-state index < -0.39 is 45.6 Å². The molecule has 0 amide bonds. The average molecular weight is 547 g/mol. The molecule has 1 spiro atoms. The van der Waals surface area contributed by atoms with E-state index in [-0.39, 0.29) is 45.6 Å². The fourth-order valence-corrected chi connectivity index (χ4v) is 8.18. The highest BCUT2D eigenvalue weighted by Gasteiger charge is 2.74. The summed E-state index contributed by atoms with van der Waals surface area (Å²) in [6, 6.07) is 2.52. The molecule has 2 N–H and O–H groups in total. The first-order chi connectivity index (χ1) is 19.1. The Morgan fingerprint density at radius 1 is 0.875 bits per heavy atom. The van der Waals surface area contributed by atoms with Gasteiger partial charge in [0.25, 0.3) is 0 Å². The van der Waals surface area contributed by atoms with Crippen LogP contribution in [0.15, 0.2) is 21.7 Å². The summed E-state index contributed by atoms with van der Waals surface area (Å²) in [4.78, 5) is 41.2. The second-order valence-corrected chi connectivity index (χ2v) is 10.8.